The first-order chi connectivity index (χ1) is 13.6. The summed E-state index contributed by atoms with van der Waals surface area (Å²) in [5.74, 6) is 0.778. The monoisotopic (exact) mass is 382 g/mol. The lowest BCUT2D eigenvalue weighted by Crippen LogP contribution is -2.29. The van der Waals surface area contributed by atoms with Crippen molar-refractivity contribution in [2.24, 2.45) is 5.92 Å². The molecule has 8 heteroatoms. The highest BCUT2D eigenvalue weighted by Crippen LogP contribution is 2.21. The second kappa shape index (κ2) is 7.75. The van der Waals surface area contributed by atoms with Crippen molar-refractivity contribution in [3.05, 3.63) is 59.7 Å². The molecule has 1 fully saturated rings. The summed E-state index contributed by atoms with van der Waals surface area (Å²) in [5.41, 5.74) is 1.57. The van der Waals surface area contributed by atoms with Crippen LogP contribution in [0, 0.1) is 18.7 Å². The fraction of sp³-hybridized carbons (Fsp3) is 0.300. The number of rotatable bonds is 5. The Morgan fingerprint density at radius 1 is 1.29 bits per heavy atom. The van der Waals surface area contributed by atoms with E-state index in [-0.39, 0.29) is 17.6 Å². The van der Waals surface area contributed by atoms with E-state index in [4.69, 9.17) is 9.26 Å². The van der Waals surface area contributed by atoms with E-state index in [2.05, 4.69) is 15.4 Å². The summed E-state index contributed by atoms with van der Waals surface area (Å²) in [6.45, 7) is 3.45. The van der Waals surface area contributed by atoms with E-state index in [9.17, 15) is 9.18 Å². The van der Waals surface area contributed by atoms with Gasteiger partial charge in [-0.1, -0.05) is 17.3 Å². The summed E-state index contributed by atoms with van der Waals surface area (Å²) in [6, 6.07) is 11.3. The molecule has 1 atom stereocenters. The van der Waals surface area contributed by atoms with Crippen molar-refractivity contribution in [2.45, 2.75) is 13.3 Å². The van der Waals surface area contributed by atoms with Crippen molar-refractivity contribution in [3.8, 4) is 17.1 Å². The Morgan fingerprint density at radius 3 is 2.89 bits per heavy atom. The molecule has 0 spiro atoms. The molecular weight excluding hydrogens is 363 g/mol. The lowest BCUT2D eigenvalue weighted by molar-refractivity contribution is 0.0772. The molecule has 0 aliphatic carbocycles. The maximum absolute atomic E-state index is 13.3. The molecule has 0 radical (unpaired) electrons. The first-order valence-electron chi connectivity index (χ1n) is 9.03. The maximum atomic E-state index is 13.3. The van der Waals surface area contributed by atoms with E-state index in [0.29, 0.717) is 48.3 Å². The average Bonchev–Trinajstić information content (AvgIpc) is 3.35. The minimum atomic E-state index is -0.319. The molecule has 3 aromatic rings. The smallest absolute Gasteiger partial charge is 0.276 e. The number of ether oxygens (including phenoxy) is 1. The lowest BCUT2D eigenvalue weighted by Gasteiger charge is -2.15. The Hall–Kier alpha value is -3.29. The highest BCUT2D eigenvalue weighted by Gasteiger charge is 2.29. The van der Waals surface area contributed by atoms with Gasteiger partial charge >= 0.3 is 0 Å². The first kappa shape index (κ1) is 18.1. The summed E-state index contributed by atoms with van der Waals surface area (Å²) in [4.78, 5) is 14.1. The number of halogens is 1. The van der Waals surface area contributed by atoms with Gasteiger partial charge in [-0.05, 0) is 31.5 Å². The van der Waals surface area contributed by atoms with Crippen molar-refractivity contribution in [1.82, 2.24) is 20.3 Å². The van der Waals surface area contributed by atoms with Crippen LogP contribution in [-0.2, 0) is 0 Å². The van der Waals surface area contributed by atoms with Crippen LogP contribution in [0.15, 0.2) is 47.0 Å². The fourth-order valence-corrected chi connectivity index (χ4v) is 3.18. The van der Waals surface area contributed by atoms with Crippen LogP contribution < -0.4 is 4.74 Å². The van der Waals surface area contributed by atoms with Crippen LogP contribution in [0.2, 0.25) is 0 Å². The fourth-order valence-electron chi connectivity index (χ4n) is 3.18. The average molecular weight is 382 g/mol. The van der Waals surface area contributed by atoms with Gasteiger partial charge in [0.2, 0.25) is 5.88 Å². The van der Waals surface area contributed by atoms with Gasteiger partial charge in [0.05, 0.1) is 12.3 Å². The number of aryl methyl sites for hydroxylation is 1. The van der Waals surface area contributed by atoms with E-state index < -0.39 is 0 Å². The topological polar surface area (TPSA) is 81.4 Å². The maximum Gasteiger partial charge on any atom is 0.276 e. The molecule has 7 nitrogen and oxygen atoms in total. The van der Waals surface area contributed by atoms with E-state index in [1.54, 1.807) is 42.2 Å². The number of aromatic nitrogens is 3. The van der Waals surface area contributed by atoms with E-state index in [1.807, 2.05) is 0 Å². The summed E-state index contributed by atoms with van der Waals surface area (Å²) >= 11 is 0. The normalized spacial score (nSPS) is 16.4. The number of carbonyl (C=O) groups is 1. The zero-order valence-electron chi connectivity index (χ0n) is 15.3. The minimum Gasteiger partial charge on any atom is -0.476 e. The van der Waals surface area contributed by atoms with E-state index >= 15 is 0 Å². The second-order valence-corrected chi connectivity index (χ2v) is 6.81. The number of amides is 1. The summed E-state index contributed by atoms with van der Waals surface area (Å²) in [6.07, 6.45) is 0.845. The molecule has 0 saturated carbocycles. The van der Waals surface area contributed by atoms with Gasteiger partial charge in [0.25, 0.3) is 5.91 Å². The predicted molar refractivity (Wildman–Crippen MR) is 98.2 cm³/mol. The van der Waals surface area contributed by atoms with Crippen LogP contribution in [0.25, 0.3) is 11.3 Å². The Morgan fingerprint density at radius 2 is 2.18 bits per heavy atom. The van der Waals surface area contributed by atoms with Crippen molar-refractivity contribution in [3.63, 3.8) is 0 Å². The number of likely N-dealkylation sites (tertiary alicyclic amines) is 1. The van der Waals surface area contributed by atoms with Gasteiger partial charge in [-0.25, -0.2) is 4.39 Å². The zero-order valence-corrected chi connectivity index (χ0v) is 15.3. The van der Waals surface area contributed by atoms with Gasteiger partial charge in [0, 0.05) is 36.7 Å². The van der Waals surface area contributed by atoms with Crippen LogP contribution >= 0.6 is 0 Å². The van der Waals surface area contributed by atoms with Crippen LogP contribution in [0.1, 0.15) is 22.7 Å². The van der Waals surface area contributed by atoms with Gasteiger partial charge in [-0.3, -0.25) is 4.79 Å². The number of nitrogens with zero attached hydrogens (tertiary/aromatic N) is 4. The van der Waals surface area contributed by atoms with Crippen LogP contribution in [0.5, 0.6) is 5.88 Å². The number of carbonyl (C=O) groups excluding carboxylic acids is 1. The van der Waals surface area contributed by atoms with Crippen molar-refractivity contribution >= 4 is 5.91 Å². The van der Waals surface area contributed by atoms with Crippen LogP contribution in [0.4, 0.5) is 4.39 Å². The van der Waals surface area contributed by atoms with Crippen LogP contribution in [-0.4, -0.2) is 45.9 Å². The van der Waals surface area contributed by atoms with Crippen molar-refractivity contribution < 1.29 is 18.4 Å². The summed E-state index contributed by atoms with van der Waals surface area (Å²) in [5, 5.41) is 11.9. The molecule has 3 heterocycles. The third kappa shape index (κ3) is 4.00. The molecular formula is C20H19FN4O3. The number of hydrogen-bond acceptors (Lipinski definition) is 6. The van der Waals surface area contributed by atoms with Gasteiger partial charge in [0.15, 0.2) is 5.69 Å². The Labute approximate surface area is 161 Å². The number of benzene rings is 1. The lowest BCUT2D eigenvalue weighted by atomic mass is 10.1. The van der Waals surface area contributed by atoms with Gasteiger partial charge in [-0.2, -0.15) is 0 Å². The quantitative estimate of drug-likeness (QED) is 0.674. The summed E-state index contributed by atoms with van der Waals surface area (Å²) < 4.78 is 24.0. The molecule has 1 saturated heterocycles. The van der Waals surface area contributed by atoms with Gasteiger partial charge in [-0.15, -0.1) is 10.2 Å². The van der Waals surface area contributed by atoms with Crippen molar-refractivity contribution in [2.75, 3.05) is 19.7 Å². The Kier molecular flexibility index (Phi) is 5.01. The first-order valence-corrected chi connectivity index (χ1v) is 9.03. The predicted octanol–water partition coefficient (Wildman–Crippen LogP) is 3.12. The molecule has 1 unspecified atom stereocenters. The highest BCUT2D eigenvalue weighted by atomic mass is 19.1. The minimum absolute atomic E-state index is 0.126. The molecule has 4 rings (SSSR count). The van der Waals surface area contributed by atoms with Crippen LogP contribution in [0.3, 0.4) is 0 Å². The molecule has 0 bridgehead atoms. The van der Waals surface area contributed by atoms with Gasteiger partial charge in [0.1, 0.15) is 11.6 Å². The molecule has 28 heavy (non-hydrogen) atoms. The molecule has 1 aromatic carbocycles. The summed E-state index contributed by atoms with van der Waals surface area (Å²) in [7, 11) is 0. The highest BCUT2D eigenvalue weighted by molar-refractivity contribution is 5.92. The third-order valence-corrected chi connectivity index (χ3v) is 4.65. The van der Waals surface area contributed by atoms with E-state index in [0.717, 1.165) is 6.42 Å². The molecule has 0 N–H and O–H groups in total. The van der Waals surface area contributed by atoms with Crippen molar-refractivity contribution in [1.29, 1.82) is 0 Å². The Balaban J connectivity index is 1.31. The molecule has 1 aliphatic rings. The second-order valence-electron chi connectivity index (χ2n) is 6.81. The zero-order chi connectivity index (χ0) is 19.5. The SMILES string of the molecule is Cc1cc(C(=O)N2CCC(COc3ccc(-c4cccc(F)c4)nn3)C2)no1. The molecule has 1 aliphatic heterocycles. The van der Waals surface area contributed by atoms with E-state index in [1.165, 1.54) is 12.1 Å². The van der Waals surface area contributed by atoms with Gasteiger partial charge < -0.3 is 14.2 Å². The molecule has 1 amide bonds. The Bertz CT molecular complexity index is 974. The molecule has 2 aromatic heterocycles. The molecule has 144 valence electrons. The number of hydrogen-bond donors (Lipinski definition) is 0. The largest absolute Gasteiger partial charge is 0.476 e. The third-order valence-electron chi connectivity index (χ3n) is 4.65. The standard InChI is InChI=1S/C20H19FN4O3/c1-13-9-18(24-28-13)20(26)25-8-7-14(11-25)12-27-19-6-5-17(22-23-19)15-3-2-4-16(21)10-15/h2-6,9-10,14H,7-8,11-12H2,1H3.